The first-order valence-electron chi connectivity index (χ1n) is 7.74. The van der Waals surface area contributed by atoms with E-state index in [9.17, 15) is 4.79 Å². The normalized spacial score (nSPS) is 10.6. The van der Waals surface area contributed by atoms with Crippen LogP contribution in [0.15, 0.2) is 42.5 Å². The van der Waals surface area contributed by atoms with Crippen LogP contribution in [-0.4, -0.2) is 11.0 Å². The van der Waals surface area contributed by atoms with Crippen molar-refractivity contribution in [2.75, 3.05) is 5.32 Å². The highest BCUT2D eigenvalue weighted by Crippen LogP contribution is 2.18. The van der Waals surface area contributed by atoms with E-state index >= 15 is 0 Å². The van der Waals surface area contributed by atoms with Crippen molar-refractivity contribution in [3.05, 3.63) is 69.8 Å². The number of carbonyl (C=O) groups excluding carboxylic acids is 1. The Hall–Kier alpha value is -2.37. The van der Waals surface area contributed by atoms with Gasteiger partial charge < -0.3 is 5.32 Å². The molecule has 4 nitrogen and oxygen atoms in total. The maximum absolute atomic E-state index is 11.9. The van der Waals surface area contributed by atoms with E-state index in [4.69, 9.17) is 23.8 Å². The van der Waals surface area contributed by atoms with Crippen LogP contribution in [0.4, 0.5) is 5.69 Å². The SMILES string of the molecule is Cc1ccc(/C=C/C(=O)NNC(=S)Nc2cccc(C)c2C)cc1Cl. The molecule has 2 aromatic carbocycles. The maximum atomic E-state index is 11.9. The first kappa shape index (κ1) is 19.0. The molecule has 0 radical (unpaired) electrons. The second kappa shape index (κ2) is 8.65. The molecule has 0 aliphatic carbocycles. The quantitative estimate of drug-likeness (QED) is 0.426. The molecule has 130 valence electrons. The zero-order valence-electron chi connectivity index (χ0n) is 14.3. The number of carbonyl (C=O) groups is 1. The number of amides is 1. The van der Waals surface area contributed by atoms with Gasteiger partial charge in [-0.1, -0.05) is 35.9 Å². The van der Waals surface area contributed by atoms with Gasteiger partial charge in [-0.3, -0.25) is 15.6 Å². The molecule has 0 heterocycles. The van der Waals surface area contributed by atoms with Crippen molar-refractivity contribution in [2.24, 2.45) is 0 Å². The zero-order valence-corrected chi connectivity index (χ0v) is 15.9. The first-order chi connectivity index (χ1) is 11.9. The molecule has 0 aliphatic rings. The van der Waals surface area contributed by atoms with Crippen LogP contribution < -0.4 is 16.2 Å². The van der Waals surface area contributed by atoms with Gasteiger partial charge in [0.2, 0.25) is 0 Å². The van der Waals surface area contributed by atoms with Gasteiger partial charge in [-0.15, -0.1) is 0 Å². The molecule has 2 rings (SSSR count). The summed E-state index contributed by atoms with van der Waals surface area (Å²) < 4.78 is 0. The molecule has 0 aliphatic heterocycles. The number of aryl methyl sites for hydroxylation is 2. The summed E-state index contributed by atoms with van der Waals surface area (Å²) in [7, 11) is 0. The van der Waals surface area contributed by atoms with Crippen LogP contribution >= 0.6 is 23.8 Å². The summed E-state index contributed by atoms with van der Waals surface area (Å²) in [5.74, 6) is -0.318. The minimum Gasteiger partial charge on any atom is -0.331 e. The van der Waals surface area contributed by atoms with Crippen molar-refractivity contribution in [1.82, 2.24) is 10.9 Å². The third kappa shape index (κ3) is 5.59. The summed E-state index contributed by atoms with van der Waals surface area (Å²) in [6.45, 7) is 5.96. The molecule has 0 saturated heterocycles. The van der Waals surface area contributed by atoms with E-state index < -0.39 is 0 Å². The lowest BCUT2D eigenvalue weighted by molar-refractivity contribution is -0.116. The second-order valence-corrected chi connectivity index (χ2v) is 6.47. The number of hydrazine groups is 1. The third-order valence-electron chi connectivity index (χ3n) is 3.78. The highest BCUT2D eigenvalue weighted by Gasteiger charge is 2.03. The van der Waals surface area contributed by atoms with Gasteiger partial charge in [-0.2, -0.15) is 0 Å². The number of benzene rings is 2. The number of thiocarbonyl (C=S) groups is 1. The van der Waals surface area contributed by atoms with E-state index in [2.05, 4.69) is 16.2 Å². The molecular formula is C19H20ClN3OS. The van der Waals surface area contributed by atoms with Crippen LogP contribution in [0.2, 0.25) is 5.02 Å². The monoisotopic (exact) mass is 373 g/mol. The van der Waals surface area contributed by atoms with Gasteiger partial charge in [0.25, 0.3) is 5.91 Å². The first-order valence-corrected chi connectivity index (χ1v) is 8.53. The zero-order chi connectivity index (χ0) is 18.4. The molecular weight excluding hydrogens is 354 g/mol. The van der Waals surface area contributed by atoms with Gasteiger partial charge in [-0.25, -0.2) is 0 Å². The molecule has 0 atom stereocenters. The van der Waals surface area contributed by atoms with Gasteiger partial charge in [-0.05, 0) is 73.5 Å². The summed E-state index contributed by atoms with van der Waals surface area (Å²) >= 11 is 11.2. The van der Waals surface area contributed by atoms with Crippen molar-refractivity contribution in [1.29, 1.82) is 0 Å². The molecule has 0 spiro atoms. The summed E-state index contributed by atoms with van der Waals surface area (Å²) in [5.41, 5.74) is 10.2. The molecule has 0 aromatic heterocycles. The molecule has 0 bridgehead atoms. The molecule has 3 N–H and O–H groups in total. The molecule has 1 amide bonds. The number of nitrogens with one attached hydrogen (secondary N) is 3. The molecule has 0 unspecified atom stereocenters. The van der Waals surface area contributed by atoms with Gasteiger partial charge in [0, 0.05) is 16.8 Å². The number of anilines is 1. The molecule has 2 aromatic rings. The standard InChI is InChI=1S/C19H20ClN3OS/c1-12-5-4-6-17(14(12)3)21-19(25)23-22-18(24)10-9-15-8-7-13(2)16(20)11-15/h4-11H,1-3H3,(H,22,24)(H2,21,23,25)/b10-9+. The Morgan fingerprint density at radius 3 is 2.56 bits per heavy atom. The lowest BCUT2D eigenvalue weighted by Crippen LogP contribution is -2.43. The van der Waals surface area contributed by atoms with E-state index in [-0.39, 0.29) is 5.91 Å². The number of hydrogen-bond donors (Lipinski definition) is 3. The predicted octanol–water partition coefficient (Wildman–Crippen LogP) is 4.30. The van der Waals surface area contributed by atoms with Crippen LogP contribution in [0.1, 0.15) is 22.3 Å². The average Bonchev–Trinajstić information content (AvgIpc) is 2.58. The average molecular weight is 374 g/mol. The molecule has 0 fully saturated rings. The number of rotatable bonds is 3. The summed E-state index contributed by atoms with van der Waals surface area (Å²) in [4.78, 5) is 11.9. The third-order valence-corrected chi connectivity index (χ3v) is 4.39. The van der Waals surface area contributed by atoms with Crippen LogP contribution in [-0.2, 0) is 4.79 Å². The number of halogens is 1. The van der Waals surface area contributed by atoms with E-state index in [0.717, 1.165) is 27.9 Å². The Morgan fingerprint density at radius 1 is 1.08 bits per heavy atom. The fraction of sp³-hybridized carbons (Fsp3) is 0.158. The lowest BCUT2D eigenvalue weighted by Gasteiger charge is -2.13. The Bertz CT molecular complexity index is 833. The molecule has 6 heteroatoms. The van der Waals surface area contributed by atoms with Crippen LogP contribution in [0.25, 0.3) is 6.08 Å². The van der Waals surface area contributed by atoms with Crippen molar-refractivity contribution < 1.29 is 4.79 Å². The highest BCUT2D eigenvalue weighted by molar-refractivity contribution is 7.80. The Balaban J connectivity index is 1.86. The van der Waals surface area contributed by atoms with Crippen molar-refractivity contribution in [3.63, 3.8) is 0 Å². The summed E-state index contributed by atoms with van der Waals surface area (Å²) in [5, 5.41) is 4.04. The second-order valence-electron chi connectivity index (χ2n) is 5.66. The Morgan fingerprint density at radius 2 is 1.84 bits per heavy atom. The summed E-state index contributed by atoms with van der Waals surface area (Å²) in [6, 6.07) is 11.5. The predicted molar refractivity (Wildman–Crippen MR) is 109 cm³/mol. The van der Waals surface area contributed by atoms with Crippen molar-refractivity contribution >= 4 is 46.6 Å². The van der Waals surface area contributed by atoms with Gasteiger partial charge in [0.05, 0.1) is 0 Å². The van der Waals surface area contributed by atoms with Crippen LogP contribution in [0.5, 0.6) is 0 Å². The minimum absolute atomic E-state index is 0.314. The van der Waals surface area contributed by atoms with E-state index in [0.29, 0.717) is 10.1 Å². The summed E-state index contributed by atoms with van der Waals surface area (Å²) in [6.07, 6.45) is 3.10. The molecule has 0 saturated carbocycles. The lowest BCUT2D eigenvalue weighted by atomic mass is 10.1. The van der Waals surface area contributed by atoms with Gasteiger partial charge in [0.1, 0.15) is 0 Å². The minimum atomic E-state index is -0.318. The largest absolute Gasteiger partial charge is 0.331 e. The van der Waals surface area contributed by atoms with Crippen LogP contribution in [0, 0.1) is 20.8 Å². The van der Waals surface area contributed by atoms with Gasteiger partial charge in [0.15, 0.2) is 5.11 Å². The van der Waals surface area contributed by atoms with Gasteiger partial charge >= 0.3 is 0 Å². The van der Waals surface area contributed by atoms with E-state index in [1.807, 2.05) is 51.1 Å². The highest BCUT2D eigenvalue weighted by atomic mass is 35.5. The fourth-order valence-corrected chi connectivity index (χ4v) is 2.43. The molecule has 25 heavy (non-hydrogen) atoms. The fourth-order valence-electron chi connectivity index (χ4n) is 2.08. The Kier molecular flexibility index (Phi) is 6.56. The van der Waals surface area contributed by atoms with Crippen molar-refractivity contribution in [3.8, 4) is 0 Å². The smallest absolute Gasteiger partial charge is 0.262 e. The van der Waals surface area contributed by atoms with Crippen molar-refractivity contribution in [2.45, 2.75) is 20.8 Å². The Labute approximate surface area is 158 Å². The topological polar surface area (TPSA) is 53.2 Å². The van der Waals surface area contributed by atoms with E-state index in [1.54, 1.807) is 12.1 Å². The number of hydrogen-bond acceptors (Lipinski definition) is 2. The van der Waals surface area contributed by atoms with E-state index in [1.165, 1.54) is 6.08 Å². The van der Waals surface area contributed by atoms with Crippen LogP contribution in [0.3, 0.4) is 0 Å². The maximum Gasteiger partial charge on any atom is 0.262 e.